The molecule has 2 rings (SSSR count). The van der Waals surface area contributed by atoms with Crippen LogP contribution >= 0.6 is 22.9 Å². The van der Waals surface area contributed by atoms with Gasteiger partial charge in [-0.05, 0) is 17.9 Å². The van der Waals surface area contributed by atoms with Crippen molar-refractivity contribution < 1.29 is 0 Å². The molecule has 0 radical (unpaired) electrons. The molecule has 84 valence electrons. The molecule has 0 aliphatic heterocycles. The molecule has 0 bridgehead atoms. The maximum Gasteiger partial charge on any atom is 0.100 e. The van der Waals surface area contributed by atoms with Crippen molar-refractivity contribution in [1.29, 1.82) is 0 Å². The second kappa shape index (κ2) is 4.88. The zero-order valence-electron chi connectivity index (χ0n) is 8.64. The van der Waals surface area contributed by atoms with E-state index >= 15 is 0 Å². The number of aromatic nitrogens is 2. The van der Waals surface area contributed by atoms with E-state index in [2.05, 4.69) is 15.4 Å². The van der Waals surface area contributed by atoms with Crippen molar-refractivity contribution in [3.8, 4) is 0 Å². The van der Waals surface area contributed by atoms with Crippen LogP contribution in [0.2, 0.25) is 5.02 Å². The summed E-state index contributed by atoms with van der Waals surface area (Å²) in [7, 11) is 0. The van der Waals surface area contributed by atoms with Crippen LogP contribution in [0.5, 0.6) is 0 Å². The van der Waals surface area contributed by atoms with E-state index in [0.29, 0.717) is 0 Å². The summed E-state index contributed by atoms with van der Waals surface area (Å²) in [4.78, 5) is 9.20. The molecule has 0 saturated carbocycles. The van der Waals surface area contributed by atoms with Crippen molar-refractivity contribution in [3.63, 3.8) is 0 Å². The minimum Gasteiger partial charge on any atom is -0.270 e. The van der Waals surface area contributed by atoms with Crippen LogP contribution in [0.25, 0.3) is 0 Å². The van der Waals surface area contributed by atoms with Gasteiger partial charge >= 0.3 is 0 Å². The molecule has 0 aliphatic carbocycles. The fourth-order valence-electron chi connectivity index (χ4n) is 1.40. The van der Waals surface area contributed by atoms with E-state index in [1.807, 2.05) is 12.3 Å². The van der Waals surface area contributed by atoms with Crippen LogP contribution in [-0.2, 0) is 0 Å². The summed E-state index contributed by atoms with van der Waals surface area (Å²) < 4.78 is 0. The zero-order chi connectivity index (χ0) is 11.5. The minimum absolute atomic E-state index is 0.208. The number of aryl methyl sites for hydroxylation is 1. The van der Waals surface area contributed by atoms with Gasteiger partial charge in [-0.1, -0.05) is 11.6 Å². The van der Waals surface area contributed by atoms with Crippen LogP contribution in [0.4, 0.5) is 0 Å². The molecule has 0 amide bonds. The minimum atomic E-state index is -0.208. The van der Waals surface area contributed by atoms with Gasteiger partial charge in [0.1, 0.15) is 6.04 Å². The van der Waals surface area contributed by atoms with E-state index in [4.69, 9.17) is 17.4 Å². The van der Waals surface area contributed by atoms with Crippen molar-refractivity contribution in [3.05, 3.63) is 45.1 Å². The molecule has 1 unspecified atom stereocenters. The molecular formula is C10H11ClN4S. The van der Waals surface area contributed by atoms with Crippen molar-refractivity contribution >= 4 is 22.9 Å². The predicted molar refractivity (Wildman–Crippen MR) is 65.3 cm³/mol. The summed E-state index contributed by atoms with van der Waals surface area (Å²) in [6.07, 6.45) is 4.93. The largest absolute Gasteiger partial charge is 0.270 e. The summed E-state index contributed by atoms with van der Waals surface area (Å²) in [5, 5.41) is 2.73. The lowest BCUT2D eigenvalue weighted by Crippen LogP contribution is -2.29. The number of nitrogens with one attached hydrogen (secondary N) is 1. The fraction of sp³-hybridized carbons (Fsp3) is 0.200. The average Bonchev–Trinajstić information content (AvgIpc) is 2.64. The molecule has 16 heavy (non-hydrogen) atoms. The smallest absolute Gasteiger partial charge is 0.100 e. The van der Waals surface area contributed by atoms with Crippen LogP contribution in [0.1, 0.15) is 22.2 Å². The highest BCUT2D eigenvalue weighted by molar-refractivity contribution is 7.10. The summed E-state index contributed by atoms with van der Waals surface area (Å²) in [6.45, 7) is 1.96. The summed E-state index contributed by atoms with van der Waals surface area (Å²) in [5.41, 5.74) is 4.52. The normalized spacial score (nSPS) is 12.7. The second-order valence-electron chi connectivity index (χ2n) is 3.33. The number of nitrogens with zero attached hydrogens (tertiary/aromatic N) is 2. The predicted octanol–water partition coefficient (Wildman–Crippen LogP) is 2.05. The molecule has 2 aromatic rings. The third-order valence-electron chi connectivity index (χ3n) is 2.23. The number of hydrogen-bond acceptors (Lipinski definition) is 5. The van der Waals surface area contributed by atoms with Crippen molar-refractivity contribution in [2.75, 3.05) is 0 Å². The second-order valence-corrected chi connectivity index (χ2v) is 4.62. The van der Waals surface area contributed by atoms with Gasteiger partial charge in [0.05, 0.1) is 16.9 Å². The Hall–Kier alpha value is -1.01. The van der Waals surface area contributed by atoms with Gasteiger partial charge in [-0.25, -0.2) is 5.43 Å². The highest BCUT2D eigenvalue weighted by Gasteiger charge is 2.19. The monoisotopic (exact) mass is 254 g/mol. The average molecular weight is 255 g/mol. The molecule has 0 fully saturated rings. The van der Waals surface area contributed by atoms with Crippen LogP contribution in [0.3, 0.4) is 0 Å². The van der Waals surface area contributed by atoms with E-state index in [-0.39, 0.29) is 6.04 Å². The van der Waals surface area contributed by atoms with Gasteiger partial charge in [-0.15, -0.1) is 11.3 Å². The van der Waals surface area contributed by atoms with E-state index < -0.39 is 0 Å². The molecule has 0 aliphatic rings. The van der Waals surface area contributed by atoms with Gasteiger partial charge in [-0.3, -0.25) is 15.8 Å². The molecule has 3 N–H and O–H groups in total. The molecular weight excluding hydrogens is 244 g/mol. The maximum atomic E-state index is 6.20. The Morgan fingerprint density at radius 2 is 2.31 bits per heavy atom. The lowest BCUT2D eigenvalue weighted by Gasteiger charge is -2.13. The molecule has 0 aromatic carbocycles. The fourth-order valence-corrected chi connectivity index (χ4v) is 2.77. The summed E-state index contributed by atoms with van der Waals surface area (Å²) >= 11 is 7.76. The zero-order valence-corrected chi connectivity index (χ0v) is 10.2. The number of halogens is 1. The highest BCUT2D eigenvalue weighted by atomic mass is 35.5. The van der Waals surface area contributed by atoms with Crippen molar-refractivity contribution in [2.45, 2.75) is 13.0 Å². The third kappa shape index (κ3) is 2.08. The van der Waals surface area contributed by atoms with Gasteiger partial charge in [0.15, 0.2) is 0 Å². The topological polar surface area (TPSA) is 63.8 Å². The van der Waals surface area contributed by atoms with Gasteiger partial charge in [0, 0.05) is 17.3 Å². The quantitative estimate of drug-likeness (QED) is 0.650. The van der Waals surface area contributed by atoms with Gasteiger partial charge in [-0.2, -0.15) is 0 Å². The Kier molecular flexibility index (Phi) is 3.50. The number of rotatable bonds is 3. The lowest BCUT2D eigenvalue weighted by molar-refractivity contribution is 0.627. The molecule has 6 heteroatoms. The van der Waals surface area contributed by atoms with E-state index in [0.717, 1.165) is 21.2 Å². The van der Waals surface area contributed by atoms with E-state index in [1.54, 1.807) is 29.9 Å². The summed E-state index contributed by atoms with van der Waals surface area (Å²) in [5.74, 6) is 5.55. The van der Waals surface area contributed by atoms with Gasteiger partial charge in [0.25, 0.3) is 0 Å². The third-order valence-corrected chi connectivity index (χ3v) is 4.01. The first-order valence-corrected chi connectivity index (χ1v) is 5.95. The van der Waals surface area contributed by atoms with Gasteiger partial charge in [0.2, 0.25) is 0 Å². The molecule has 4 nitrogen and oxygen atoms in total. The van der Waals surface area contributed by atoms with E-state index in [1.165, 1.54) is 0 Å². The Morgan fingerprint density at radius 3 is 2.81 bits per heavy atom. The number of nitrogens with two attached hydrogens (primary N) is 1. The maximum absolute atomic E-state index is 6.20. The Balaban J connectivity index is 2.41. The molecule has 2 heterocycles. The van der Waals surface area contributed by atoms with Crippen molar-refractivity contribution in [2.24, 2.45) is 5.84 Å². The Bertz CT molecular complexity index is 471. The van der Waals surface area contributed by atoms with Crippen molar-refractivity contribution in [1.82, 2.24) is 15.4 Å². The summed E-state index contributed by atoms with van der Waals surface area (Å²) in [6, 6.07) is -0.208. The van der Waals surface area contributed by atoms with Crippen LogP contribution < -0.4 is 11.3 Å². The first-order valence-electron chi connectivity index (χ1n) is 4.69. The van der Waals surface area contributed by atoms with E-state index in [9.17, 15) is 0 Å². The molecule has 0 saturated heterocycles. The molecule has 1 atom stereocenters. The lowest BCUT2D eigenvalue weighted by atomic mass is 10.1. The Morgan fingerprint density at radius 1 is 1.50 bits per heavy atom. The molecule has 0 spiro atoms. The first-order chi connectivity index (χ1) is 7.74. The number of hydrogen-bond donors (Lipinski definition) is 2. The Labute approximate surface area is 102 Å². The van der Waals surface area contributed by atoms with Crippen LogP contribution in [-0.4, -0.2) is 9.97 Å². The van der Waals surface area contributed by atoms with Crippen LogP contribution in [0.15, 0.2) is 24.0 Å². The number of thiophene rings is 1. The SMILES string of the molecule is Cc1csc(C(NN)c2cnccn2)c1Cl. The standard InChI is InChI=1S/C10H11ClN4S/c1-6-5-16-10(8(6)11)9(15-12)7-4-13-2-3-14-7/h2-5,9,15H,12H2,1H3. The first kappa shape index (κ1) is 11.5. The molecule has 2 aromatic heterocycles. The number of hydrazine groups is 1. The van der Waals surface area contributed by atoms with Crippen LogP contribution in [0, 0.1) is 6.92 Å². The highest BCUT2D eigenvalue weighted by Crippen LogP contribution is 2.34. The van der Waals surface area contributed by atoms with Gasteiger partial charge < -0.3 is 0 Å².